The van der Waals surface area contributed by atoms with Gasteiger partial charge in [0.05, 0.1) is 6.54 Å². The summed E-state index contributed by atoms with van der Waals surface area (Å²) in [4.78, 5) is 13.3. The molecule has 9 heteroatoms. The van der Waals surface area contributed by atoms with Crippen molar-refractivity contribution >= 4 is 27.5 Å². The summed E-state index contributed by atoms with van der Waals surface area (Å²) in [5.41, 5.74) is -0.641. The van der Waals surface area contributed by atoms with Crippen LogP contribution in [0.5, 0.6) is 0 Å². The molecule has 6 nitrogen and oxygen atoms in total. The van der Waals surface area contributed by atoms with Crippen LogP contribution in [-0.2, 0) is 21.3 Å². The lowest BCUT2D eigenvalue weighted by atomic mass is 10.2. The molecule has 0 saturated carbocycles. The molecule has 1 aromatic rings. The largest absolute Gasteiger partial charge is 0.444 e. The van der Waals surface area contributed by atoms with Gasteiger partial charge in [0.1, 0.15) is 5.60 Å². The second kappa shape index (κ2) is 5.66. The molecule has 20 heavy (non-hydrogen) atoms. The predicted molar refractivity (Wildman–Crippen MR) is 73.4 cm³/mol. The first-order valence-electron chi connectivity index (χ1n) is 5.65. The summed E-state index contributed by atoms with van der Waals surface area (Å²) in [7, 11) is -2.61. The zero-order chi connectivity index (χ0) is 15.7. The SMILES string of the molecule is CN(Cc1cc(F)c(S(N)(=O)=O)s1)C(=O)OC(C)(C)C. The average molecular weight is 324 g/mol. The van der Waals surface area contributed by atoms with Gasteiger partial charge >= 0.3 is 6.09 Å². The first-order chi connectivity index (χ1) is 8.90. The lowest BCUT2D eigenvalue weighted by Crippen LogP contribution is -2.33. The number of nitrogens with two attached hydrogens (primary N) is 1. The van der Waals surface area contributed by atoms with E-state index < -0.39 is 31.7 Å². The summed E-state index contributed by atoms with van der Waals surface area (Å²) in [6.45, 7) is 5.21. The maximum absolute atomic E-state index is 13.4. The summed E-state index contributed by atoms with van der Waals surface area (Å²) in [6.07, 6.45) is -0.580. The van der Waals surface area contributed by atoms with Crippen molar-refractivity contribution in [3.8, 4) is 0 Å². The fraction of sp³-hybridized carbons (Fsp3) is 0.545. The molecule has 1 heterocycles. The van der Waals surface area contributed by atoms with E-state index in [9.17, 15) is 17.6 Å². The maximum Gasteiger partial charge on any atom is 0.410 e. The average Bonchev–Trinajstić information content (AvgIpc) is 2.56. The first kappa shape index (κ1) is 16.9. The van der Waals surface area contributed by atoms with E-state index in [4.69, 9.17) is 9.88 Å². The smallest absolute Gasteiger partial charge is 0.410 e. The number of hydrogen-bond acceptors (Lipinski definition) is 5. The number of carbonyl (C=O) groups is 1. The summed E-state index contributed by atoms with van der Waals surface area (Å²) in [6, 6.07) is 1.05. The molecule has 0 unspecified atom stereocenters. The van der Waals surface area contributed by atoms with Gasteiger partial charge in [0.15, 0.2) is 10.0 Å². The number of halogens is 1. The molecule has 0 spiro atoms. The lowest BCUT2D eigenvalue weighted by molar-refractivity contribution is 0.0286. The monoisotopic (exact) mass is 324 g/mol. The maximum atomic E-state index is 13.4. The molecular weight excluding hydrogens is 307 g/mol. The van der Waals surface area contributed by atoms with E-state index in [1.54, 1.807) is 20.8 Å². The van der Waals surface area contributed by atoms with E-state index in [2.05, 4.69) is 0 Å². The number of rotatable bonds is 3. The van der Waals surface area contributed by atoms with Crippen molar-refractivity contribution in [2.24, 2.45) is 5.14 Å². The van der Waals surface area contributed by atoms with E-state index in [1.165, 1.54) is 11.9 Å². The highest BCUT2D eigenvalue weighted by molar-refractivity contribution is 7.91. The van der Waals surface area contributed by atoms with Crippen LogP contribution in [0.2, 0.25) is 0 Å². The van der Waals surface area contributed by atoms with E-state index >= 15 is 0 Å². The van der Waals surface area contributed by atoms with Gasteiger partial charge in [0, 0.05) is 11.9 Å². The topological polar surface area (TPSA) is 89.7 Å². The zero-order valence-electron chi connectivity index (χ0n) is 11.6. The third kappa shape index (κ3) is 4.73. The molecule has 1 amide bonds. The minimum atomic E-state index is -4.09. The highest BCUT2D eigenvalue weighted by atomic mass is 32.2. The number of hydrogen-bond donors (Lipinski definition) is 1. The highest BCUT2D eigenvalue weighted by Crippen LogP contribution is 2.26. The van der Waals surface area contributed by atoms with Gasteiger partial charge in [-0.25, -0.2) is 22.7 Å². The number of sulfonamides is 1. The normalized spacial score (nSPS) is 12.3. The summed E-state index contributed by atoms with van der Waals surface area (Å²) >= 11 is 0.693. The van der Waals surface area contributed by atoms with Gasteiger partial charge in [-0.15, -0.1) is 11.3 Å². The van der Waals surface area contributed by atoms with Crippen LogP contribution in [0.1, 0.15) is 25.6 Å². The molecule has 0 fully saturated rings. The van der Waals surface area contributed by atoms with Crippen molar-refractivity contribution in [3.63, 3.8) is 0 Å². The van der Waals surface area contributed by atoms with Crippen LogP contribution in [0.3, 0.4) is 0 Å². The third-order valence-corrected chi connectivity index (χ3v) is 4.61. The molecule has 0 radical (unpaired) electrons. The molecule has 0 atom stereocenters. The fourth-order valence-corrected chi connectivity index (χ4v) is 3.24. The van der Waals surface area contributed by atoms with Crippen molar-refractivity contribution in [3.05, 3.63) is 16.8 Å². The van der Waals surface area contributed by atoms with Gasteiger partial charge in [-0.3, -0.25) is 0 Å². The quantitative estimate of drug-likeness (QED) is 0.919. The summed E-state index contributed by atoms with van der Waals surface area (Å²) in [5.74, 6) is -0.912. The Hall–Kier alpha value is -1.19. The molecule has 1 rings (SSSR count). The van der Waals surface area contributed by atoms with E-state index in [-0.39, 0.29) is 6.54 Å². The van der Waals surface area contributed by atoms with Gasteiger partial charge in [0.25, 0.3) is 10.0 Å². The highest BCUT2D eigenvalue weighted by Gasteiger charge is 2.23. The van der Waals surface area contributed by atoms with Crippen LogP contribution < -0.4 is 5.14 Å². The van der Waals surface area contributed by atoms with Crippen molar-refractivity contribution < 1.29 is 22.3 Å². The summed E-state index contributed by atoms with van der Waals surface area (Å²) in [5, 5.41) is 4.88. The molecule has 1 aromatic heterocycles. The Labute approximate surface area is 121 Å². The molecule has 0 aromatic carbocycles. The lowest BCUT2D eigenvalue weighted by Gasteiger charge is -2.24. The number of primary sulfonamides is 1. The molecule has 0 aliphatic carbocycles. The molecule has 0 aliphatic heterocycles. The van der Waals surface area contributed by atoms with E-state index in [0.717, 1.165) is 6.07 Å². The molecule has 0 saturated heterocycles. The van der Waals surface area contributed by atoms with Crippen LogP contribution in [0.4, 0.5) is 9.18 Å². The van der Waals surface area contributed by atoms with Gasteiger partial charge in [-0.05, 0) is 26.8 Å². The Kier molecular flexibility index (Phi) is 4.78. The van der Waals surface area contributed by atoms with Crippen molar-refractivity contribution in [2.45, 2.75) is 37.1 Å². The van der Waals surface area contributed by atoms with Gasteiger partial charge < -0.3 is 9.64 Å². The van der Waals surface area contributed by atoms with Crippen molar-refractivity contribution in [1.29, 1.82) is 0 Å². The predicted octanol–water partition coefficient (Wildman–Crippen LogP) is 1.90. The Morgan fingerprint density at radius 1 is 1.50 bits per heavy atom. The van der Waals surface area contributed by atoms with E-state index in [1.807, 2.05) is 0 Å². The Balaban J connectivity index is 2.82. The fourth-order valence-electron chi connectivity index (χ4n) is 1.31. The first-order valence-corrected chi connectivity index (χ1v) is 8.01. The number of thiophene rings is 1. The second-order valence-electron chi connectivity index (χ2n) is 5.23. The number of carbonyl (C=O) groups excluding carboxylic acids is 1. The van der Waals surface area contributed by atoms with E-state index in [0.29, 0.717) is 16.2 Å². The van der Waals surface area contributed by atoms with Gasteiger partial charge in [-0.2, -0.15) is 0 Å². The Morgan fingerprint density at radius 3 is 2.45 bits per heavy atom. The number of ether oxygens (including phenoxy) is 1. The van der Waals surface area contributed by atoms with Gasteiger partial charge in [0.2, 0.25) is 0 Å². The second-order valence-corrected chi connectivity index (χ2v) is 8.12. The standard InChI is InChI=1S/C11H17FN2O4S2/c1-11(2,3)18-10(15)14(4)6-7-5-8(12)9(19-7)20(13,16)17/h5H,6H2,1-4H3,(H2,13,16,17). The van der Waals surface area contributed by atoms with Crippen LogP contribution >= 0.6 is 11.3 Å². The zero-order valence-corrected chi connectivity index (χ0v) is 13.3. The van der Waals surface area contributed by atoms with Gasteiger partial charge in [-0.1, -0.05) is 0 Å². The van der Waals surface area contributed by atoms with Crippen molar-refractivity contribution in [1.82, 2.24) is 4.90 Å². The molecule has 2 N–H and O–H groups in total. The minimum Gasteiger partial charge on any atom is -0.444 e. The molecule has 114 valence electrons. The van der Waals surface area contributed by atoms with Crippen LogP contribution in [-0.4, -0.2) is 32.1 Å². The number of amides is 1. The molecular formula is C11H17FN2O4S2. The van der Waals surface area contributed by atoms with Crippen LogP contribution in [0.25, 0.3) is 0 Å². The molecule has 0 aliphatic rings. The Morgan fingerprint density at radius 2 is 2.05 bits per heavy atom. The van der Waals surface area contributed by atoms with Crippen molar-refractivity contribution in [2.75, 3.05) is 7.05 Å². The number of nitrogens with zero attached hydrogens (tertiary/aromatic N) is 1. The Bertz CT molecular complexity index is 604. The minimum absolute atomic E-state index is 0.0338. The van der Waals surface area contributed by atoms with Crippen LogP contribution in [0, 0.1) is 5.82 Å². The third-order valence-electron chi connectivity index (χ3n) is 2.06. The van der Waals surface area contributed by atoms with Crippen LogP contribution in [0.15, 0.2) is 10.3 Å². The molecule has 0 bridgehead atoms. The summed E-state index contributed by atoms with van der Waals surface area (Å²) < 4.78 is 40.3.